The maximum absolute atomic E-state index is 13.4. The van der Waals surface area contributed by atoms with Crippen LogP contribution in [0.2, 0.25) is 0 Å². The molecule has 196 valence electrons. The Morgan fingerprint density at radius 2 is 1.77 bits per heavy atom. The molecule has 0 bridgehead atoms. The van der Waals surface area contributed by atoms with Gasteiger partial charge in [-0.05, 0) is 51.9 Å². The minimum absolute atomic E-state index is 0.104. The van der Waals surface area contributed by atoms with E-state index in [0.29, 0.717) is 25.4 Å². The summed E-state index contributed by atoms with van der Waals surface area (Å²) in [5, 5.41) is 18.4. The van der Waals surface area contributed by atoms with E-state index in [1.165, 1.54) is 43.4 Å². The van der Waals surface area contributed by atoms with Gasteiger partial charge in [0, 0.05) is 37.4 Å². The number of aliphatic hydroxyl groups excluding tert-OH is 1. The molecule has 2 saturated heterocycles. The van der Waals surface area contributed by atoms with Crippen molar-refractivity contribution in [2.45, 2.75) is 116 Å². The van der Waals surface area contributed by atoms with Crippen LogP contribution in [0.5, 0.6) is 0 Å². The summed E-state index contributed by atoms with van der Waals surface area (Å²) in [5.74, 6) is -0.349. The largest absolute Gasteiger partial charge is 0.390 e. The zero-order valence-electron chi connectivity index (χ0n) is 22.3. The lowest BCUT2D eigenvalue weighted by molar-refractivity contribution is -0.165. The van der Waals surface area contributed by atoms with Crippen LogP contribution in [0.4, 0.5) is 0 Å². The summed E-state index contributed by atoms with van der Waals surface area (Å²) in [4.78, 5) is 31.1. The van der Waals surface area contributed by atoms with Gasteiger partial charge in [-0.15, -0.1) is 0 Å². The molecule has 0 radical (unpaired) electrons. The fraction of sp³-hybridized carbons (Fsp3) is 0.815. The van der Waals surface area contributed by atoms with Crippen LogP contribution in [0, 0.1) is 19.8 Å². The average Bonchev–Trinajstić information content (AvgIpc) is 3.13. The van der Waals surface area contributed by atoms with E-state index in [0.717, 1.165) is 31.7 Å². The highest BCUT2D eigenvalue weighted by Crippen LogP contribution is 2.36. The van der Waals surface area contributed by atoms with Crippen molar-refractivity contribution >= 4 is 11.8 Å². The van der Waals surface area contributed by atoms with Crippen LogP contribution in [-0.4, -0.2) is 73.8 Å². The summed E-state index contributed by atoms with van der Waals surface area (Å²) in [7, 11) is 0. The molecule has 2 amide bonds. The summed E-state index contributed by atoms with van der Waals surface area (Å²) in [6.07, 6.45) is 7.48. The van der Waals surface area contributed by atoms with Crippen molar-refractivity contribution in [2.75, 3.05) is 19.6 Å². The van der Waals surface area contributed by atoms with Crippen LogP contribution in [0.15, 0.2) is 0 Å². The van der Waals surface area contributed by atoms with Crippen molar-refractivity contribution in [3.63, 3.8) is 0 Å². The maximum atomic E-state index is 13.4. The van der Waals surface area contributed by atoms with Gasteiger partial charge in [0.2, 0.25) is 11.8 Å². The SMILES string of the molecule is CCCN1C(=O)[C@@H]([C@H](O)C(C)C)NC(=O)C12CCN(Cc1c(C)nn(C3CCCCC3)c1C)CC2. The van der Waals surface area contributed by atoms with Crippen molar-refractivity contribution in [2.24, 2.45) is 5.92 Å². The molecule has 4 rings (SSSR count). The molecule has 0 unspecified atom stereocenters. The van der Waals surface area contributed by atoms with Gasteiger partial charge in [0.15, 0.2) is 0 Å². The lowest BCUT2D eigenvalue weighted by Crippen LogP contribution is -2.74. The van der Waals surface area contributed by atoms with Crippen molar-refractivity contribution in [3.8, 4) is 0 Å². The predicted octanol–water partition coefficient (Wildman–Crippen LogP) is 3.09. The number of hydrogen-bond acceptors (Lipinski definition) is 5. The summed E-state index contributed by atoms with van der Waals surface area (Å²) in [6.45, 7) is 13.0. The minimum atomic E-state index is -0.880. The quantitative estimate of drug-likeness (QED) is 0.617. The zero-order chi connectivity index (χ0) is 25.3. The van der Waals surface area contributed by atoms with Gasteiger partial charge in [0.1, 0.15) is 11.6 Å². The Morgan fingerprint density at radius 3 is 2.37 bits per heavy atom. The molecule has 2 N–H and O–H groups in total. The molecule has 2 aliphatic heterocycles. The molecule has 1 spiro atoms. The number of carbonyl (C=O) groups excluding carboxylic acids is 2. The Bertz CT molecular complexity index is 912. The molecule has 1 aromatic rings. The second-order valence-electron chi connectivity index (χ2n) is 11.4. The average molecular weight is 488 g/mol. The van der Waals surface area contributed by atoms with Crippen LogP contribution < -0.4 is 5.32 Å². The summed E-state index contributed by atoms with van der Waals surface area (Å²) >= 11 is 0. The summed E-state index contributed by atoms with van der Waals surface area (Å²) < 4.78 is 2.27. The van der Waals surface area contributed by atoms with Gasteiger partial charge in [-0.25, -0.2) is 0 Å². The summed E-state index contributed by atoms with van der Waals surface area (Å²) in [6, 6.07) is -0.330. The van der Waals surface area contributed by atoms with E-state index in [9.17, 15) is 14.7 Å². The third-order valence-corrected chi connectivity index (χ3v) is 8.69. The Kier molecular flexibility index (Phi) is 7.91. The van der Waals surface area contributed by atoms with E-state index in [2.05, 4.69) is 28.7 Å². The van der Waals surface area contributed by atoms with Crippen LogP contribution in [0.25, 0.3) is 0 Å². The highest BCUT2D eigenvalue weighted by molar-refractivity contribution is 6.00. The van der Waals surface area contributed by atoms with Crippen LogP contribution >= 0.6 is 0 Å². The maximum Gasteiger partial charge on any atom is 0.248 e. The van der Waals surface area contributed by atoms with Gasteiger partial charge in [-0.3, -0.25) is 19.2 Å². The molecule has 3 aliphatic rings. The van der Waals surface area contributed by atoms with Gasteiger partial charge in [0.25, 0.3) is 0 Å². The topological polar surface area (TPSA) is 90.7 Å². The fourth-order valence-corrected chi connectivity index (χ4v) is 6.41. The van der Waals surface area contributed by atoms with Gasteiger partial charge in [-0.2, -0.15) is 5.10 Å². The monoisotopic (exact) mass is 487 g/mol. The standard InChI is InChI=1S/C27H45N5O3/c1-6-14-31-25(34)23(24(33)18(2)3)28-26(35)27(31)12-15-30(16-13-27)17-22-19(4)29-32(20(22)5)21-10-8-7-9-11-21/h18,21,23-24,33H,6-17H2,1-5H3,(H,28,35)/t23-,24-/m1/s1. The molecule has 3 heterocycles. The number of nitrogens with zero attached hydrogens (tertiary/aromatic N) is 4. The summed E-state index contributed by atoms with van der Waals surface area (Å²) in [5.41, 5.74) is 2.88. The number of likely N-dealkylation sites (tertiary alicyclic amines) is 1. The molecule has 1 aliphatic carbocycles. The molecular weight excluding hydrogens is 442 g/mol. The lowest BCUT2D eigenvalue weighted by atomic mass is 9.80. The van der Waals surface area contributed by atoms with Crippen LogP contribution in [0.1, 0.15) is 95.1 Å². The molecule has 1 saturated carbocycles. The molecular formula is C27H45N5O3. The fourth-order valence-electron chi connectivity index (χ4n) is 6.41. The van der Waals surface area contributed by atoms with E-state index < -0.39 is 17.7 Å². The van der Waals surface area contributed by atoms with Crippen LogP contribution in [-0.2, 0) is 16.1 Å². The molecule has 2 atom stereocenters. The van der Waals surface area contributed by atoms with Crippen molar-refractivity contribution in [1.82, 2.24) is 24.9 Å². The first-order chi connectivity index (χ1) is 16.7. The third-order valence-electron chi connectivity index (χ3n) is 8.69. The van der Waals surface area contributed by atoms with Gasteiger partial charge >= 0.3 is 0 Å². The number of aryl methyl sites for hydroxylation is 1. The molecule has 0 aromatic carbocycles. The highest BCUT2D eigenvalue weighted by atomic mass is 16.3. The molecule has 3 fully saturated rings. The second kappa shape index (κ2) is 10.6. The number of nitrogens with one attached hydrogen (secondary N) is 1. The van der Waals surface area contributed by atoms with E-state index in [1.807, 2.05) is 20.8 Å². The van der Waals surface area contributed by atoms with E-state index in [1.54, 1.807) is 4.90 Å². The van der Waals surface area contributed by atoms with E-state index in [-0.39, 0.29) is 17.7 Å². The van der Waals surface area contributed by atoms with Crippen LogP contribution in [0.3, 0.4) is 0 Å². The Hall–Kier alpha value is -1.93. The predicted molar refractivity (Wildman–Crippen MR) is 136 cm³/mol. The number of piperazine rings is 1. The van der Waals surface area contributed by atoms with Gasteiger partial charge < -0.3 is 15.3 Å². The number of aromatic nitrogens is 2. The smallest absolute Gasteiger partial charge is 0.248 e. The highest BCUT2D eigenvalue weighted by Gasteiger charge is 2.54. The molecule has 8 heteroatoms. The number of piperidine rings is 1. The first kappa shape index (κ1) is 26.1. The van der Waals surface area contributed by atoms with E-state index >= 15 is 0 Å². The molecule has 8 nitrogen and oxygen atoms in total. The lowest BCUT2D eigenvalue weighted by Gasteiger charge is -2.52. The molecule has 35 heavy (non-hydrogen) atoms. The van der Waals surface area contributed by atoms with Gasteiger partial charge in [-0.1, -0.05) is 40.0 Å². The number of carbonyl (C=O) groups is 2. The second-order valence-corrected chi connectivity index (χ2v) is 11.4. The normalized spacial score (nSPS) is 24.9. The van der Waals surface area contributed by atoms with Crippen molar-refractivity contribution in [3.05, 3.63) is 17.0 Å². The first-order valence-corrected chi connectivity index (χ1v) is 13.8. The minimum Gasteiger partial charge on any atom is -0.390 e. The van der Waals surface area contributed by atoms with Crippen molar-refractivity contribution in [1.29, 1.82) is 0 Å². The number of amides is 2. The first-order valence-electron chi connectivity index (χ1n) is 13.8. The molecule has 1 aromatic heterocycles. The Balaban J connectivity index is 1.47. The number of rotatable bonds is 7. The Morgan fingerprint density at radius 1 is 1.11 bits per heavy atom. The van der Waals surface area contributed by atoms with Crippen molar-refractivity contribution < 1.29 is 14.7 Å². The zero-order valence-corrected chi connectivity index (χ0v) is 22.3. The van der Waals surface area contributed by atoms with Gasteiger partial charge in [0.05, 0.1) is 17.8 Å². The number of aliphatic hydroxyl groups is 1. The Labute approximate surface area is 210 Å². The number of hydrogen-bond donors (Lipinski definition) is 2. The van der Waals surface area contributed by atoms with E-state index in [4.69, 9.17) is 5.10 Å². The third kappa shape index (κ3) is 4.88.